The van der Waals surface area contributed by atoms with E-state index < -0.39 is 0 Å². The molecule has 0 spiro atoms. The van der Waals surface area contributed by atoms with Gasteiger partial charge in [-0.15, -0.1) is 0 Å². The Balaban J connectivity index is 1.89. The molecule has 2 rings (SSSR count). The van der Waals surface area contributed by atoms with Gasteiger partial charge < -0.3 is 10.1 Å². The molecule has 1 aliphatic heterocycles. The molecule has 1 saturated carbocycles. The van der Waals surface area contributed by atoms with Crippen molar-refractivity contribution >= 4 is 0 Å². The topological polar surface area (TPSA) is 24.5 Å². The highest BCUT2D eigenvalue weighted by molar-refractivity contribution is 4.93. The van der Waals surface area contributed by atoms with Gasteiger partial charge in [0.25, 0.3) is 0 Å². The summed E-state index contributed by atoms with van der Waals surface area (Å²) in [6, 6.07) is 0. The van der Waals surface area contributed by atoms with Gasteiger partial charge in [-0.05, 0) is 57.0 Å². The van der Waals surface area contributed by atoms with Crippen LogP contribution >= 0.6 is 0 Å². The number of methoxy groups -OCH3 is 1. The quantitative estimate of drug-likeness (QED) is 0.780. The Kier molecular flexibility index (Phi) is 6.10. The van der Waals surface area contributed by atoms with Crippen LogP contribution in [0, 0.1) is 11.3 Å². The van der Waals surface area contributed by atoms with Gasteiger partial charge in [0.05, 0.1) is 5.60 Å². The van der Waals surface area contributed by atoms with Crippen molar-refractivity contribution in [3.05, 3.63) is 0 Å². The molecule has 0 aromatic carbocycles. The first-order valence-corrected chi connectivity index (χ1v) is 8.95. The number of nitrogens with zero attached hydrogens (tertiary/aromatic N) is 1. The summed E-state index contributed by atoms with van der Waals surface area (Å²) in [5, 5.41) is 3.73. The van der Waals surface area contributed by atoms with Crippen LogP contribution in [0.15, 0.2) is 0 Å². The Bertz CT molecular complexity index is 312. The molecule has 0 radical (unpaired) electrons. The van der Waals surface area contributed by atoms with E-state index in [2.05, 4.69) is 31.0 Å². The predicted molar refractivity (Wildman–Crippen MR) is 89.7 cm³/mol. The molecule has 0 bridgehead atoms. The highest BCUT2D eigenvalue weighted by Gasteiger charge is 2.38. The molecule has 124 valence electrons. The van der Waals surface area contributed by atoms with Crippen molar-refractivity contribution in [2.75, 3.05) is 39.8 Å². The SMILES string of the molecule is COC1(C)CCCN(CC2(CNCC(C)C)CCCC2)C1. The van der Waals surface area contributed by atoms with Crippen molar-refractivity contribution in [1.82, 2.24) is 10.2 Å². The second-order valence-electron chi connectivity index (χ2n) is 8.20. The fraction of sp³-hybridized carbons (Fsp3) is 1.00. The molecule has 2 aliphatic rings. The lowest BCUT2D eigenvalue weighted by Gasteiger charge is -2.43. The van der Waals surface area contributed by atoms with E-state index in [4.69, 9.17) is 4.74 Å². The lowest BCUT2D eigenvalue weighted by atomic mass is 9.83. The number of ether oxygens (including phenoxy) is 1. The van der Waals surface area contributed by atoms with Crippen LogP contribution in [0.3, 0.4) is 0 Å². The number of rotatable bonds is 7. The fourth-order valence-corrected chi connectivity index (χ4v) is 4.23. The number of nitrogens with one attached hydrogen (secondary N) is 1. The maximum atomic E-state index is 5.76. The molecule has 1 N–H and O–H groups in total. The average Bonchev–Trinajstić information content (AvgIpc) is 2.87. The lowest BCUT2D eigenvalue weighted by Crippen LogP contribution is -2.52. The Morgan fingerprint density at radius 1 is 1.14 bits per heavy atom. The van der Waals surface area contributed by atoms with Crippen LogP contribution in [-0.2, 0) is 4.74 Å². The van der Waals surface area contributed by atoms with Crippen molar-refractivity contribution < 1.29 is 4.74 Å². The van der Waals surface area contributed by atoms with E-state index in [9.17, 15) is 0 Å². The van der Waals surface area contributed by atoms with Crippen LogP contribution in [-0.4, -0.2) is 50.3 Å². The van der Waals surface area contributed by atoms with E-state index in [-0.39, 0.29) is 5.60 Å². The molecular weight excluding hydrogens is 260 g/mol. The van der Waals surface area contributed by atoms with Crippen molar-refractivity contribution in [1.29, 1.82) is 0 Å². The minimum absolute atomic E-state index is 0.0728. The third-order valence-electron chi connectivity index (χ3n) is 5.51. The monoisotopic (exact) mass is 296 g/mol. The molecule has 0 aromatic rings. The van der Waals surface area contributed by atoms with Crippen LogP contribution in [0.1, 0.15) is 59.3 Å². The second kappa shape index (κ2) is 7.43. The van der Waals surface area contributed by atoms with Crippen LogP contribution < -0.4 is 5.32 Å². The molecule has 1 heterocycles. The standard InChI is InChI=1S/C18H36N2O/c1-16(2)12-19-13-18(9-5-6-10-18)15-20-11-7-8-17(3,14-20)21-4/h16,19H,5-15H2,1-4H3. The minimum Gasteiger partial charge on any atom is -0.377 e. The molecular formula is C18H36N2O. The van der Waals surface area contributed by atoms with Crippen molar-refractivity contribution in [3.8, 4) is 0 Å². The molecule has 0 amide bonds. The zero-order valence-electron chi connectivity index (χ0n) is 14.7. The first-order valence-electron chi connectivity index (χ1n) is 8.95. The van der Waals surface area contributed by atoms with Gasteiger partial charge in [-0.3, -0.25) is 4.90 Å². The van der Waals surface area contributed by atoms with E-state index in [1.807, 2.05) is 7.11 Å². The second-order valence-corrected chi connectivity index (χ2v) is 8.20. The Hall–Kier alpha value is -0.120. The van der Waals surface area contributed by atoms with Crippen LogP contribution in [0.2, 0.25) is 0 Å². The Morgan fingerprint density at radius 3 is 2.48 bits per heavy atom. The highest BCUT2D eigenvalue weighted by atomic mass is 16.5. The molecule has 0 aromatic heterocycles. The smallest absolute Gasteiger partial charge is 0.0777 e. The molecule has 1 atom stereocenters. The van der Waals surface area contributed by atoms with Gasteiger partial charge in [-0.1, -0.05) is 26.7 Å². The van der Waals surface area contributed by atoms with Gasteiger partial charge in [0.1, 0.15) is 0 Å². The Morgan fingerprint density at radius 2 is 1.86 bits per heavy atom. The molecule has 3 heteroatoms. The molecule has 1 unspecified atom stereocenters. The summed E-state index contributed by atoms with van der Waals surface area (Å²) in [6.07, 6.45) is 8.12. The molecule has 3 nitrogen and oxygen atoms in total. The number of likely N-dealkylation sites (tertiary alicyclic amines) is 1. The van der Waals surface area contributed by atoms with Gasteiger partial charge in [0, 0.05) is 26.7 Å². The summed E-state index contributed by atoms with van der Waals surface area (Å²) < 4.78 is 5.76. The first-order chi connectivity index (χ1) is 9.97. The van der Waals surface area contributed by atoms with Gasteiger partial charge in [0.2, 0.25) is 0 Å². The maximum absolute atomic E-state index is 5.76. The molecule has 2 fully saturated rings. The van der Waals surface area contributed by atoms with E-state index >= 15 is 0 Å². The van der Waals surface area contributed by atoms with Crippen LogP contribution in [0.5, 0.6) is 0 Å². The van der Waals surface area contributed by atoms with Crippen molar-refractivity contribution in [2.24, 2.45) is 11.3 Å². The maximum Gasteiger partial charge on any atom is 0.0777 e. The number of hydrogen-bond donors (Lipinski definition) is 1. The van der Waals surface area contributed by atoms with E-state index in [0.717, 1.165) is 19.0 Å². The van der Waals surface area contributed by atoms with Crippen LogP contribution in [0.4, 0.5) is 0 Å². The van der Waals surface area contributed by atoms with Gasteiger partial charge >= 0.3 is 0 Å². The van der Waals surface area contributed by atoms with Crippen molar-refractivity contribution in [3.63, 3.8) is 0 Å². The normalized spacial score (nSPS) is 30.1. The number of hydrogen-bond acceptors (Lipinski definition) is 3. The minimum atomic E-state index is 0.0728. The molecule has 1 saturated heterocycles. The zero-order valence-corrected chi connectivity index (χ0v) is 14.7. The number of piperidine rings is 1. The third-order valence-corrected chi connectivity index (χ3v) is 5.51. The fourth-order valence-electron chi connectivity index (χ4n) is 4.23. The zero-order chi connectivity index (χ0) is 15.3. The summed E-state index contributed by atoms with van der Waals surface area (Å²) >= 11 is 0. The Labute approximate surface area is 131 Å². The van der Waals surface area contributed by atoms with E-state index in [0.29, 0.717) is 5.41 Å². The highest BCUT2D eigenvalue weighted by Crippen LogP contribution is 2.39. The van der Waals surface area contributed by atoms with Gasteiger partial charge in [-0.25, -0.2) is 0 Å². The molecule has 21 heavy (non-hydrogen) atoms. The van der Waals surface area contributed by atoms with Gasteiger partial charge in [-0.2, -0.15) is 0 Å². The average molecular weight is 296 g/mol. The summed E-state index contributed by atoms with van der Waals surface area (Å²) in [6.45, 7) is 12.8. The largest absolute Gasteiger partial charge is 0.377 e. The van der Waals surface area contributed by atoms with Gasteiger partial charge in [0.15, 0.2) is 0 Å². The summed E-state index contributed by atoms with van der Waals surface area (Å²) in [5.74, 6) is 0.746. The predicted octanol–water partition coefficient (Wildman–Crippen LogP) is 3.29. The van der Waals surface area contributed by atoms with Crippen molar-refractivity contribution in [2.45, 2.75) is 64.9 Å². The molecule has 1 aliphatic carbocycles. The summed E-state index contributed by atoms with van der Waals surface area (Å²) in [5.41, 5.74) is 0.588. The third kappa shape index (κ3) is 4.94. The van der Waals surface area contributed by atoms with E-state index in [1.165, 1.54) is 58.2 Å². The van der Waals surface area contributed by atoms with E-state index in [1.54, 1.807) is 0 Å². The van der Waals surface area contributed by atoms with Crippen LogP contribution in [0.25, 0.3) is 0 Å². The summed E-state index contributed by atoms with van der Waals surface area (Å²) in [7, 11) is 1.87. The first kappa shape index (κ1) is 17.2. The summed E-state index contributed by atoms with van der Waals surface area (Å²) in [4.78, 5) is 2.68. The lowest BCUT2D eigenvalue weighted by molar-refractivity contribution is -0.0591.